The summed E-state index contributed by atoms with van der Waals surface area (Å²) < 4.78 is 45.6. The molecular weight excluding hydrogens is 487 g/mol. The summed E-state index contributed by atoms with van der Waals surface area (Å²) >= 11 is 0. The third kappa shape index (κ3) is 4.70. The lowest BCUT2D eigenvalue weighted by atomic mass is 9.89. The number of benzene rings is 1. The number of fused-ring (bicyclic) bond motifs is 2. The van der Waals surface area contributed by atoms with Crippen LogP contribution in [0.5, 0.6) is 0 Å². The maximum absolute atomic E-state index is 15.5. The lowest BCUT2D eigenvalue weighted by Crippen LogP contribution is -2.31. The largest absolute Gasteiger partial charge is 0.363 e. The Kier molecular flexibility index (Phi) is 6.81. The number of anilines is 2. The summed E-state index contributed by atoms with van der Waals surface area (Å²) in [5.41, 5.74) is 1.31. The third-order valence-electron chi connectivity index (χ3n) is 7.72. The number of hydrogen-bond acceptors (Lipinski definition) is 5. The molecule has 38 heavy (non-hydrogen) atoms. The van der Waals surface area contributed by atoms with Gasteiger partial charge in [-0.2, -0.15) is 5.26 Å². The van der Waals surface area contributed by atoms with E-state index in [0.29, 0.717) is 36.0 Å². The summed E-state index contributed by atoms with van der Waals surface area (Å²) in [7, 11) is 0. The van der Waals surface area contributed by atoms with E-state index in [9.17, 15) is 5.26 Å². The van der Waals surface area contributed by atoms with E-state index in [1.807, 2.05) is 18.2 Å². The third-order valence-corrected chi connectivity index (χ3v) is 7.72. The van der Waals surface area contributed by atoms with Gasteiger partial charge in [0.2, 0.25) is 0 Å². The maximum Gasteiger partial charge on any atom is 0.276 e. The van der Waals surface area contributed by atoms with E-state index in [4.69, 9.17) is 4.98 Å². The van der Waals surface area contributed by atoms with E-state index in [1.54, 1.807) is 13.8 Å². The highest BCUT2D eigenvalue weighted by molar-refractivity contribution is 5.84. The quantitative estimate of drug-likeness (QED) is 0.391. The smallest absolute Gasteiger partial charge is 0.276 e. The first-order valence-electron chi connectivity index (χ1n) is 13.2. The molecule has 3 aliphatic rings. The summed E-state index contributed by atoms with van der Waals surface area (Å²) in [4.78, 5) is 11.4. The second-order valence-corrected chi connectivity index (χ2v) is 10.5. The summed E-state index contributed by atoms with van der Waals surface area (Å²) in [5, 5.41) is 13.2. The topological polar surface area (TPSA) is 64.8 Å². The summed E-state index contributed by atoms with van der Waals surface area (Å²) in [6.07, 6.45) is 9.29. The van der Waals surface area contributed by atoms with Crippen molar-refractivity contribution in [3.05, 3.63) is 76.5 Å². The molecule has 2 aromatic rings. The molecule has 198 valence electrons. The molecule has 0 unspecified atom stereocenters. The van der Waals surface area contributed by atoms with Crippen LogP contribution in [0.2, 0.25) is 0 Å². The lowest BCUT2D eigenvalue weighted by molar-refractivity contribution is -0.0185. The molecule has 8 heteroatoms. The number of allylic oxidation sites excluding steroid dienone is 3. The highest BCUT2D eigenvalue weighted by atomic mass is 19.3. The van der Waals surface area contributed by atoms with E-state index in [-0.39, 0.29) is 12.0 Å². The predicted molar refractivity (Wildman–Crippen MR) is 143 cm³/mol. The normalized spacial score (nSPS) is 23.3. The van der Waals surface area contributed by atoms with Crippen molar-refractivity contribution in [2.75, 3.05) is 16.8 Å². The van der Waals surface area contributed by atoms with Crippen LogP contribution in [0.15, 0.2) is 48.2 Å². The van der Waals surface area contributed by atoms with Crippen molar-refractivity contribution in [1.82, 2.24) is 9.97 Å². The number of nitriles is 1. The van der Waals surface area contributed by atoms with E-state index >= 15 is 13.2 Å². The Morgan fingerprint density at radius 3 is 2.58 bits per heavy atom. The fourth-order valence-electron chi connectivity index (χ4n) is 5.37. The summed E-state index contributed by atoms with van der Waals surface area (Å²) in [6.45, 7) is 8.50. The first kappa shape index (κ1) is 26.0. The van der Waals surface area contributed by atoms with Gasteiger partial charge in [0, 0.05) is 24.2 Å². The number of halogens is 3. The number of hydrogen-bond donors (Lipinski definition) is 1. The standard InChI is InChI=1S/C30H32F3N5/c1-19-22-11-10-12-24(26(22)31)30(32,33)13-8-6-4-5-7-9-16-38-20(2)25(29(18-34)14-15-29)17-23-27(35-19)36-21(3)37-28(23)38/h4-5,10-12,17,19H,2,6-9,13-16H2,1,3H3,(H,35,36,37)/b5-4-/t19-/m1/s1. The number of nitrogens with one attached hydrogen (secondary N) is 1. The Morgan fingerprint density at radius 2 is 1.87 bits per heavy atom. The van der Waals surface area contributed by atoms with E-state index in [0.717, 1.165) is 37.0 Å². The lowest BCUT2D eigenvalue weighted by Gasteiger charge is -2.35. The van der Waals surface area contributed by atoms with Gasteiger partial charge in [0.05, 0.1) is 28.7 Å². The molecule has 6 bridgehead atoms. The van der Waals surface area contributed by atoms with Gasteiger partial charge < -0.3 is 10.2 Å². The number of aromatic nitrogens is 2. The van der Waals surface area contributed by atoms with Crippen LogP contribution in [0.3, 0.4) is 0 Å². The van der Waals surface area contributed by atoms with Crippen molar-refractivity contribution < 1.29 is 13.2 Å². The molecule has 3 heterocycles. The zero-order chi connectivity index (χ0) is 27.1. The molecular formula is C30H32F3N5. The van der Waals surface area contributed by atoms with Crippen molar-refractivity contribution in [3.63, 3.8) is 0 Å². The molecule has 0 spiro atoms. The van der Waals surface area contributed by atoms with E-state index < -0.39 is 35.2 Å². The monoisotopic (exact) mass is 519 g/mol. The van der Waals surface area contributed by atoms with Crippen LogP contribution in [0.1, 0.15) is 80.4 Å². The molecule has 1 aliphatic carbocycles. The van der Waals surface area contributed by atoms with Gasteiger partial charge in [0.25, 0.3) is 5.92 Å². The Labute approximate surface area is 221 Å². The van der Waals surface area contributed by atoms with Crippen molar-refractivity contribution >= 4 is 17.7 Å². The molecule has 0 saturated heterocycles. The van der Waals surface area contributed by atoms with Gasteiger partial charge in [0.1, 0.15) is 23.3 Å². The first-order valence-corrected chi connectivity index (χ1v) is 13.2. The molecule has 1 saturated carbocycles. The molecule has 0 amide bonds. The van der Waals surface area contributed by atoms with Crippen LogP contribution in [0, 0.1) is 29.5 Å². The zero-order valence-electron chi connectivity index (χ0n) is 21.8. The van der Waals surface area contributed by atoms with Gasteiger partial charge in [-0.25, -0.2) is 23.1 Å². The second kappa shape index (κ2) is 9.94. The van der Waals surface area contributed by atoms with Crippen molar-refractivity contribution in [3.8, 4) is 6.07 Å². The van der Waals surface area contributed by atoms with Gasteiger partial charge >= 0.3 is 0 Å². The Balaban J connectivity index is 1.63. The molecule has 5 nitrogen and oxygen atoms in total. The molecule has 1 N–H and O–H groups in total. The van der Waals surface area contributed by atoms with Gasteiger partial charge in [-0.15, -0.1) is 0 Å². The van der Waals surface area contributed by atoms with Crippen molar-refractivity contribution in [2.45, 2.75) is 70.8 Å². The Hall–Kier alpha value is -3.60. The Bertz CT molecular complexity index is 1370. The fraction of sp³-hybridized carbons (Fsp3) is 0.433. The molecule has 1 aromatic carbocycles. The average molecular weight is 520 g/mol. The molecule has 0 radical (unpaired) electrons. The van der Waals surface area contributed by atoms with Crippen molar-refractivity contribution in [1.29, 1.82) is 5.26 Å². The zero-order valence-corrected chi connectivity index (χ0v) is 21.8. The first-order chi connectivity index (χ1) is 18.2. The van der Waals surface area contributed by atoms with Crippen LogP contribution >= 0.6 is 0 Å². The molecule has 1 fully saturated rings. The van der Waals surface area contributed by atoms with Gasteiger partial charge in [-0.1, -0.05) is 36.9 Å². The number of aryl methyl sites for hydroxylation is 1. The number of nitrogens with zero attached hydrogens (tertiary/aromatic N) is 4. The van der Waals surface area contributed by atoms with Gasteiger partial charge in [-0.3, -0.25) is 0 Å². The van der Waals surface area contributed by atoms with Gasteiger partial charge in [-0.05, 0) is 64.0 Å². The summed E-state index contributed by atoms with van der Waals surface area (Å²) in [5.74, 6) is -2.49. The molecule has 1 aromatic heterocycles. The van der Waals surface area contributed by atoms with Crippen LogP contribution in [0.4, 0.5) is 24.8 Å². The van der Waals surface area contributed by atoms with Crippen molar-refractivity contribution in [2.24, 2.45) is 5.41 Å². The number of rotatable bonds is 1. The van der Waals surface area contributed by atoms with Crippen LogP contribution in [0.25, 0.3) is 6.08 Å². The molecule has 1 atom stereocenters. The SMILES string of the molecule is C=C1C(C2(C#N)CC2)=Cc2c3nc(C)nc2N1CCC/C=C\CCCC(F)(F)c1cccc(c1F)[C@@H](C)N3. The average Bonchev–Trinajstić information content (AvgIpc) is 3.67. The summed E-state index contributed by atoms with van der Waals surface area (Å²) in [6, 6.07) is 6.00. The van der Waals surface area contributed by atoms with Gasteiger partial charge in [0.15, 0.2) is 0 Å². The second-order valence-electron chi connectivity index (χ2n) is 10.5. The highest BCUT2D eigenvalue weighted by Crippen LogP contribution is 2.56. The predicted octanol–water partition coefficient (Wildman–Crippen LogP) is 7.73. The van der Waals surface area contributed by atoms with Crippen LogP contribution in [-0.2, 0) is 5.92 Å². The minimum absolute atomic E-state index is 0.144. The Morgan fingerprint density at radius 1 is 1.13 bits per heavy atom. The minimum Gasteiger partial charge on any atom is -0.363 e. The molecule has 5 rings (SSSR count). The fourth-order valence-corrected chi connectivity index (χ4v) is 5.37. The van der Waals surface area contributed by atoms with Crippen LogP contribution in [-0.4, -0.2) is 16.5 Å². The molecule has 2 aliphatic heterocycles. The minimum atomic E-state index is -3.27. The maximum atomic E-state index is 15.5. The van der Waals surface area contributed by atoms with Crippen LogP contribution < -0.4 is 10.2 Å². The number of alkyl halides is 2. The highest BCUT2D eigenvalue weighted by Gasteiger charge is 2.49. The van der Waals surface area contributed by atoms with E-state index in [2.05, 4.69) is 27.8 Å². The van der Waals surface area contributed by atoms with E-state index in [1.165, 1.54) is 18.2 Å².